The molecule has 0 unspecified atom stereocenters. The minimum atomic E-state index is -1.67. The number of ether oxygens (including phenoxy) is 4. The molecule has 0 radical (unpaired) electrons. The van der Waals surface area contributed by atoms with Crippen LogP contribution in [0.3, 0.4) is 0 Å². The van der Waals surface area contributed by atoms with Gasteiger partial charge in [-0.25, -0.2) is 0 Å². The molecule has 6 nitrogen and oxygen atoms in total. The van der Waals surface area contributed by atoms with E-state index in [0.29, 0.717) is 17.2 Å². The molecule has 0 saturated heterocycles. The minimum Gasteiger partial charge on any atom is -0.493 e. The maximum atomic E-state index is 9.21. The lowest BCUT2D eigenvalue weighted by molar-refractivity contribution is 0.168. The monoisotopic (exact) mass is 226 g/mol. The number of methoxy groups -OCH3 is 2. The van der Waals surface area contributed by atoms with Crippen molar-refractivity contribution in [1.82, 2.24) is 0 Å². The zero-order chi connectivity index (χ0) is 11.7. The molecular weight excluding hydrogens is 215 g/mol. The molecule has 16 heavy (non-hydrogen) atoms. The molecule has 1 aliphatic rings. The SMILES string of the molecule is COc1cc(B(O)O)c(OC)c2c1OCO2. The molecule has 0 saturated carbocycles. The molecular formula is C9H11BO6. The number of fused-ring (bicyclic) bond motifs is 1. The lowest BCUT2D eigenvalue weighted by Gasteiger charge is -2.13. The first-order chi connectivity index (χ1) is 7.69. The number of rotatable bonds is 3. The van der Waals surface area contributed by atoms with Crippen molar-refractivity contribution in [3.05, 3.63) is 6.07 Å². The van der Waals surface area contributed by atoms with E-state index in [9.17, 15) is 10.0 Å². The van der Waals surface area contributed by atoms with E-state index < -0.39 is 7.12 Å². The highest BCUT2D eigenvalue weighted by Gasteiger charge is 2.30. The van der Waals surface area contributed by atoms with Gasteiger partial charge in [-0.05, 0) is 6.07 Å². The summed E-state index contributed by atoms with van der Waals surface area (Å²) < 4.78 is 20.5. The number of benzene rings is 1. The van der Waals surface area contributed by atoms with Gasteiger partial charge < -0.3 is 29.0 Å². The largest absolute Gasteiger partial charge is 0.493 e. The van der Waals surface area contributed by atoms with E-state index in [1.54, 1.807) is 0 Å². The molecule has 0 aliphatic carbocycles. The molecule has 0 aromatic heterocycles. The molecule has 86 valence electrons. The Bertz CT molecular complexity index is 405. The third-order valence-electron chi connectivity index (χ3n) is 2.29. The van der Waals surface area contributed by atoms with E-state index in [-0.39, 0.29) is 18.0 Å². The van der Waals surface area contributed by atoms with Gasteiger partial charge in [0.05, 0.1) is 14.2 Å². The Hall–Kier alpha value is -1.60. The lowest BCUT2D eigenvalue weighted by Crippen LogP contribution is -2.31. The summed E-state index contributed by atoms with van der Waals surface area (Å²) >= 11 is 0. The Morgan fingerprint density at radius 3 is 2.44 bits per heavy atom. The van der Waals surface area contributed by atoms with Crippen LogP contribution in [0.4, 0.5) is 0 Å². The molecule has 2 rings (SSSR count). The summed E-state index contributed by atoms with van der Waals surface area (Å²) in [6.45, 7) is 0.0486. The summed E-state index contributed by atoms with van der Waals surface area (Å²) in [6.07, 6.45) is 0. The second-order valence-electron chi connectivity index (χ2n) is 3.14. The molecule has 0 fully saturated rings. The normalized spacial score (nSPS) is 12.5. The Morgan fingerprint density at radius 2 is 1.88 bits per heavy atom. The highest BCUT2D eigenvalue weighted by atomic mass is 16.7. The maximum Gasteiger partial charge on any atom is 0.492 e. The van der Waals surface area contributed by atoms with Gasteiger partial charge in [0.2, 0.25) is 18.3 Å². The molecule has 0 spiro atoms. The van der Waals surface area contributed by atoms with Crippen molar-refractivity contribution in [2.24, 2.45) is 0 Å². The predicted octanol–water partition coefficient (Wildman–Crippen LogP) is -0.888. The molecule has 1 aromatic rings. The summed E-state index contributed by atoms with van der Waals surface area (Å²) in [5.41, 5.74) is 0.170. The van der Waals surface area contributed by atoms with Crippen molar-refractivity contribution in [3.8, 4) is 23.0 Å². The van der Waals surface area contributed by atoms with Crippen LogP contribution in [0.25, 0.3) is 0 Å². The Labute approximate surface area is 92.5 Å². The standard InChI is InChI=1S/C9H11BO6/c1-13-6-3-5(10(11)12)7(14-2)9-8(6)15-4-16-9/h3,11-12H,4H2,1-2H3. The lowest BCUT2D eigenvalue weighted by atomic mass is 9.79. The van der Waals surface area contributed by atoms with Crippen molar-refractivity contribution >= 4 is 12.6 Å². The third kappa shape index (κ3) is 1.54. The fourth-order valence-electron chi connectivity index (χ4n) is 1.59. The van der Waals surface area contributed by atoms with Gasteiger partial charge >= 0.3 is 7.12 Å². The third-order valence-corrected chi connectivity index (χ3v) is 2.29. The van der Waals surface area contributed by atoms with Crippen LogP contribution in [-0.2, 0) is 0 Å². The van der Waals surface area contributed by atoms with Gasteiger partial charge in [0, 0.05) is 5.46 Å². The topological polar surface area (TPSA) is 77.4 Å². The second-order valence-corrected chi connectivity index (χ2v) is 3.14. The molecule has 0 amide bonds. The number of hydrogen-bond donors (Lipinski definition) is 2. The Morgan fingerprint density at radius 1 is 1.19 bits per heavy atom. The summed E-state index contributed by atoms with van der Waals surface area (Å²) in [6, 6.07) is 1.44. The first-order valence-electron chi connectivity index (χ1n) is 4.59. The Balaban J connectivity index is 2.63. The van der Waals surface area contributed by atoms with Crippen LogP contribution in [0.15, 0.2) is 6.07 Å². The van der Waals surface area contributed by atoms with Crippen molar-refractivity contribution in [2.45, 2.75) is 0 Å². The van der Waals surface area contributed by atoms with Gasteiger partial charge in [0.25, 0.3) is 0 Å². The number of hydrogen-bond acceptors (Lipinski definition) is 6. The fourth-order valence-corrected chi connectivity index (χ4v) is 1.59. The van der Waals surface area contributed by atoms with Crippen LogP contribution in [0.2, 0.25) is 0 Å². The van der Waals surface area contributed by atoms with E-state index in [4.69, 9.17) is 18.9 Å². The van der Waals surface area contributed by atoms with Crippen LogP contribution in [0.1, 0.15) is 0 Å². The smallest absolute Gasteiger partial charge is 0.492 e. The predicted molar refractivity (Wildman–Crippen MR) is 55.5 cm³/mol. The molecule has 0 atom stereocenters. The van der Waals surface area contributed by atoms with Crippen LogP contribution >= 0.6 is 0 Å². The molecule has 2 N–H and O–H groups in total. The van der Waals surface area contributed by atoms with E-state index in [1.807, 2.05) is 0 Å². The van der Waals surface area contributed by atoms with Gasteiger partial charge in [-0.1, -0.05) is 0 Å². The Kier molecular flexibility index (Phi) is 2.80. The van der Waals surface area contributed by atoms with Crippen molar-refractivity contribution < 1.29 is 29.0 Å². The van der Waals surface area contributed by atoms with Crippen molar-refractivity contribution in [2.75, 3.05) is 21.0 Å². The van der Waals surface area contributed by atoms with Crippen molar-refractivity contribution in [3.63, 3.8) is 0 Å². The van der Waals surface area contributed by atoms with Gasteiger partial charge in [-0.2, -0.15) is 0 Å². The van der Waals surface area contributed by atoms with E-state index in [0.717, 1.165) is 0 Å². The zero-order valence-electron chi connectivity index (χ0n) is 8.89. The van der Waals surface area contributed by atoms with Gasteiger partial charge in [0.15, 0.2) is 11.5 Å². The van der Waals surface area contributed by atoms with Gasteiger partial charge in [-0.15, -0.1) is 0 Å². The van der Waals surface area contributed by atoms with E-state index >= 15 is 0 Å². The zero-order valence-corrected chi connectivity index (χ0v) is 8.89. The first kappa shape index (κ1) is 10.9. The highest BCUT2D eigenvalue weighted by molar-refractivity contribution is 6.60. The quantitative estimate of drug-likeness (QED) is 0.651. The molecule has 1 heterocycles. The molecule has 1 aromatic carbocycles. The van der Waals surface area contributed by atoms with E-state index in [2.05, 4.69) is 0 Å². The second kappa shape index (κ2) is 4.11. The average Bonchev–Trinajstić information content (AvgIpc) is 2.75. The van der Waals surface area contributed by atoms with Crippen LogP contribution in [0, 0.1) is 0 Å². The summed E-state index contributed by atoms with van der Waals surface area (Å²) in [4.78, 5) is 0. The molecule has 0 bridgehead atoms. The summed E-state index contributed by atoms with van der Waals surface area (Å²) in [7, 11) is 1.20. The average molecular weight is 226 g/mol. The van der Waals surface area contributed by atoms with Crippen LogP contribution < -0.4 is 24.4 Å². The van der Waals surface area contributed by atoms with Gasteiger partial charge in [-0.3, -0.25) is 0 Å². The molecule has 1 aliphatic heterocycles. The highest BCUT2D eigenvalue weighted by Crippen LogP contribution is 2.46. The summed E-state index contributed by atoms with van der Waals surface area (Å²) in [5.74, 6) is 1.34. The van der Waals surface area contributed by atoms with Crippen LogP contribution in [0.5, 0.6) is 23.0 Å². The fraction of sp³-hybridized carbons (Fsp3) is 0.333. The minimum absolute atomic E-state index is 0.0486. The maximum absolute atomic E-state index is 9.21. The van der Waals surface area contributed by atoms with Crippen molar-refractivity contribution in [1.29, 1.82) is 0 Å². The first-order valence-corrected chi connectivity index (χ1v) is 4.59. The van der Waals surface area contributed by atoms with Gasteiger partial charge in [0.1, 0.15) is 0 Å². The molecule has 7 heteroatoms. The summed E-state index contributed by atoms with van der Waals surface area (Å²) in [5, 5.41) is 18.4. The van der Waals surface area contributed by atoms with E-state index in [1.165, 1.54) is 20.3 Å². The van der Waals surface area contributed by atoms with Crippen LogP contribution in [-0.4, -0.2) is 38.2 Å².